The Labute approximate surface area is 225 Å². The maximum Gasteiger partial charge on any atom is 0.343 e. The lowest BCUT2D eigenvalue weighted by Gasteiger charge is -2.11. The van der Waals surface area contributed by atoms with Gasteiger partial charge in [-0.25, -0.2) is 4.79 Å². The lowest BCUT2D eigenvalue weighted by atomic mass is 10.1. The maximum atomic E-state index is 12.7. The second-order valence-corrected chi connectivity index (χ2v) is 9.12. The molecule has 0 spiro atoms. The molecule has 178 valence electrons. The van der Waals surface area contributed by atoms with Crippen LogP contribution < -0.4 is 14.8 Å². The van der Waals surface area contributed by atoms with Crippen LogP contribution in [-0.2, 0) is 20.9 Å². The molecule has 0 atom stereocenters. The van der Waals surface area contributed by atoms with Gasteiger partial charge in [-0.3, -0.25) is 4.79 Å². The molecule has 0 aliphatic carbocycles. The third-order valence-electron chi connectivity index (χ3n) is 4.62. The van der Waals surface area contributed by atoms with E-state index in [-0.39, 0.29) is 12.2 Å². The predicted octanol–water partition coefficient (Wildman–Crippen LogP) is 5.73. The van der Waals surface area contributed by atoms with E-state index in [2.05, 4.69) is 26.0 Å². The topological polar surface area (TPSA) is 97.7 Å². The van der Waals surface area contributed by atoms with E-state index in [0.29, 0.717) is 37.4 Å². The first-order valence-electron chi connectivity index (χ1n) is 10.3. The first kappa shape index (κ1) is 26.2. The molecule has 3 aromatic rings. The molecule has 0 fully saturated rings. The van der Waals surface area contributed by atoms with Gasteiger partial charge in [0.15, 0.2) is 6.61 Å². The minimum absolute atomic E-state index is 0.0691. The number of amides is 1. The number of ether oxygens (including phenoxy) is 3. The zero-order valence-corrected chi connectivity index (χ0v) is 22.3. The Morgan fingerprint density at radius 1 is 1.09 bits per heavy atom. The number of hydrogen-bond donors (Lipinski definition) is 1. The molecule has 3 rings (SSSR count). The fourth-order valence-electron chi connectivity index (χ4n) is 2.88. The van der Waals surface area contributed by atoms with Crippen LogP contribution in [0.2, 0.25) is 0 Å². The van der Waals surface area contributed by atoms with Crippen molar-refractivity contribution in [3.63, 3.8) is 0 Å². The van der Waals surface area contributed by atoms with Gasteiger partial charge in [0.2, 0.25) is 0 Å². The molecule has 0 aliphatic rings. The lowest BCUT2D eigenvalue weighted by molar-refractivity contribution is -0.142. The quantitative estimate of drug-likeness (QED) is 0.138. The van der Waals surface area contributed by atoms with Crippen molar-refractivity contribution >= 4 is 62.2 Å². The van der Waals surface area contributed by atoms with Gasteiger partial charge in [-0.1, -0.05) is 30.3 Å². The van der Waals surface area contributed by atoms with Crippen LogP contribution in [0, 0.1) is 14.9 Å². The summed E-state index contributed by atoms with van der Waals surface area (Å²) in [4.78, 5) is 24.0. The number of nitrogens with zero attached hydrogens (tertiary/aromatic N) is 1. The van der Waals surface area contributed by atoms with E-state index < -0.39 is 11.9 Å². The Kier molecular flexibility index (Phi) is 9.69. The number of esters is 1. The van der Waals surface area contributed by atoms with Crippen molar-refractivity contribution in [2.24, 2.45) is 0 Å². The molecule has 0 radical (unpaired) electrons. The van der Waals surface area contributed by atoms with E-state index in [1.54, 1.807) is 36.4 Å². The highest BCUT2D eigenvalue weighted by atomic mass is 127. The highest BCUT2D eigenvalue weighted by Crippen LogP contribution is 2.33. The number of carbonyl (C=O) groups excluding carboxylic acids is 2. The third kappa shape index (κ3) is 7.83. The van der Waals surface area contributed by atoms with Crippen molar-refractivity contribution in [1.82, 2.24) is 0 Å². The van der Waals surface area contributed by atoms with E-state index in [0.717, 1.165) is 5.56 Å². The van der Waals surface area contributed by atoms with Gasteiger partial charge in [0.05, 0.1) is 15.2 Å². The molecule has 1 N–H and O–H groups in total. The number of nitriles is 1. The summed E-state index contributed by atoms with van der Waals surface area (Å²) in [5.74, 6) is 0.0843. The largest absolute Gasteiger partial charge is 0.489 e. The van der Waals surface area contributed by atoms with Gasteiger partial charge in [-0.15, -0.1) is 0 Å². The predicted molar refractivity (Wildman–Crippen MR) is 144 cm³/mol. The fraction of sp³-hybridized carbons (Fsp3) is 0.115. The number of methoxy groups -OCH3 is 1. The summed E-state index contributed by atoms with van der Waals surface area (Å²) in [6.07, 6.45) is 1.48. The summed E-state index contributed by atoms with van der Waals surface area (Å²) >= 11 is 5.45. The van der Waals surface area contributed by atoms with Crippen LogP contribution >= 0.6 is 38.5 Å². The Morgan fingerprint density at radius 3 is 2.43 bits per heavy atom. The van der Waals surface area contributed by atoms with E-state index in [4.69, 9.17) is 9.47 Å². The van der Waals surface area contributed by atoms with Gasteiger partial charge >= 0.3 is 5.97 Å². The Morgan fingerprint density at radius 2 is 1.80 bits per heavy atom. The van der Waals surface area contributed by atoms with E-state index in [9.17, 15) is 14.9 Å². The van der Waals surface area contributed by atoms with Crippen LogP contribution in [0.5, 0.6) is 11.5 Å². The first-order valence-corrected chi connectivity index (χ1v) is 12.2. The van der Waals surface area contributed by atoms with Gasteiger partial charge in [0, 0.05) is 5.69 Å². The van der Waals surface area contributed by atoms with E-state index in [1.807, 2.05) is 59.0 Å². The highest BCUT2D eigenvalue weighted by Gasteiger charge is 2.14. The number of halogens is 2. The number of rotatable bonds is 9. The molecule has 0 saturated heterocycles. The molecule has 0 heterocycles. The van der Waals surface area contributed by atoms with Gasteiger partial charge in [0.25, 0.3) is 5.91 Å². The molecule has 0 aromatic heterocycles. The van der Waals surface area contributed by atoms with Crippen molar-refractivity contribution in [2.75, 3.05) is 19.0 Å². The zero-order valence-electron chi connectivity index (χ0n) is 18.6. The SMILES string of the molecule is COC(=O)COc1c(Br)cc(/C=C(\C#N)C(=O)Nc2ccc(OCc3ccccc3)cc2)cc1I. The second-order valence-electron chi connectivity index (χ2n) is 7.10. The van der Waals surface area contributed by atoms with Gasteiger partial charge in [-0.05, 0) is 92.1 Å². The monoisotopic (exact) mass is 646 g/mol. The lowest BCUT2D eigenvalue weighted by Crippen LogP contribution is -2.14. The van der Waals surface area contributed by atoms with E-state index in [1.165, 1.54) is 13.2 Å². The summed E-state index contributed by atoms with van der Waals surface area (Å²) < 4.78 is 17.1. The smallest absolute Gasteiger partial charge is 0.343 e. The minimum atomic E-state index is -0.539. The average Bonchev–Trinajstić information content (AvgIpc) is 2.86. The molecule has 0 unspecified atom stereocenters. The fourth-order valence-corrected chi connectivity index (χ4v) is 4.65. The van der Waals surface area contributed by atoms with E-state index >= 15 is 0 Å². The molecule has 9 heteroatoms. The molecule has 0 bridgehead atoms. The third-order valence-corrected chi connectivity index (χ3v) is 6.01. The number of carbonyl (C=O) groups is 2. The van der Waals surface area contributed by atoms with Crippen LogP contribution in [-0.4, -0.2) is 25.6 Å². The summed E-state index contributed by atoms with van der Waals surface area (Å²) in [5.41, 5.74) is 2.13. The molecular weight excluding hydrogens is 627 g/mol. The first-order chi connectivity index (χ1) is 16.9. The van der Waals surface area contributed by atoms with Gasteiger partial charge in [-0.2, -0.15) is 5.26 Å². The van der Waals surface area contributed by atoms with Crippen LogP contribution in [0.15, 0.2) is 76.8 Å². The number of hydrogen-bond acceptors (Lipinski definition) is 6. The van der Waals surface area contributed by atoms with Crippen molar-refractivity contribution in [3.05, 3.63) is 91.5 Å². The Bertz CT molecular complexity index is 1250. The van der Waals surface area contributed by atoms with Gasteiger partial charge < -0.3 is 19.5 Å². The zero-order chi connectivity index (χ0) is 25.2. The summed E-state index contributed by atoms with van der Waals surface area (Å²) in [6, 6.07) is 22.1. The molecular formula is C26H20BrIN2O5. The van der Waals surface area contributed by atoms with Crippen molar-refractivity contribution in [3.8, 4) is 17.6 Å². The molecule has 0 aliphatic heterocycles. The highest BCUT2D eigenvalue weighted by molar-refractivity contribution is 14.1. The number of benzene rings is 3. The van der Waals surface area contributed by atoms with Crippen LogP contribution in [0.25, 0.3) is 6.08 Å². The molecule has 3 aromatic carbocycles. The Hall–Kier alpha value is -3.36. The average molecular weight is 647 g/mol. The Balaban J connectivity index is 1.65. The molecule has 0 saturated carbocycles. The van der Waals surface area contributed by atoms with Crippen LogP contribution in [0.1, 0.15) is 11.1 Å². The van der Waals surface area contributed by atoms with Crippen molar-refractivity contribution in [2.45, 2.75) is 6.61 Å². The summed E-state index contributed by atoms with van der Waals surface area (Å²) in [5, 5.41) is 12.3. The molecule has 35 heavy (non-hydrogen) atoms. The van der Waals surface area contributed by atoms with Crippen molar-refractivity contribution in [1.29, 1.82) is 5.26 Å². The number of nitrogens with one attached hydrogen (secondary N) is 1. The molecule has 7 nitrogen and oxygen atoms in total. The second kappa shape index (κ2) is 12.9. The molecule has 1 amide bonds. The normalized spacial score (nSPS) is 10.7. The minimum Gasteiger partial charge on any atom is -0.489 e. The standard InChI is InChI=1S/C26H20BrIN2O5/c1-33-24(31)16-35-25-22(27)12-18(13-23(25)28)11-19(14-29)26(32)30-20-7-9-21(10-8-20)34-15-17-5-3-2-4-6-17/h2-13H,15-16H2,1H3,(H,30,32)/b19-11+. The van der Waals surface area contributed by atoms with Crippen LogP contribution in [0.4, 0.5) is 5.69 Å². The van der Waals surface area contributed by atoms with Crippen molar-refractivity contribution < 1.29 is 23.8 Å². The maximum absolute atomic E-state index is 12.7. The summed E-state index contributed by atoms with van der Waals surface area (Å²) in [6.45, 7) is 0.205. The van der Waals surface area contributed by atoms with Crippen LogP contribution in [0.3, 0.4) is 0 Å². The van der Waals surface area contributed by atoms with Gasteiger partial charge in [0.1, 0.15) is 29.7 Å². The number of anilines is 1. The summed E-state index contributed by atoms with van der Waals surface area (Å²) in [7, 11) is 1.28.